The third-order valence-electron chi connectivity index (χ3n) is 4.28. The summed E-state index contributed by atoms with van der Waals surface area (Å²) in [5, 5.41) is 27.7. The lowest BCUT2D eigenvalue weighted by Crippen LogP contribution is -2.45. The summed E-state index contributed by atoms with van der Waals surface area (Å²) >= 11 is 0. The van der Waals surface area contributed by atoms with E-state index in [4.69, 9.17) is 4.74 Å². The molecule has 0 saturated carbocycles. The van der Waals surface area contributed by atoms with Crippen molar-refractivity contribution in [3.63, 3.8) is 0 Å². The van der Waals surface area contributed by atoms with Gasteiger partial charge in [-0.2, -0.15) is 0 Å². The quantitative estimate of drug-likeness (QED) is 0.426. The number of nitro groups is 1. The molecule has 2 amide bonds. The van der Waals surface area contributed by atoms with Gasteiger partial charge in [0, 0.05) is 11.8 Å². The average molecular weight is 376 g/mol. The van der Waals surface area contributed by atoms with Crippen LogP contribution in [-0.4, -0.2) is 23.5 Å². The average Bonchev–Trinajstić information content (AvgIpc) is 2.59. The number of hydrogen-bond donors (Lipinski definition) is 2. The first-order valence-electron chi connectivity index (χ1n) is 8.65. The van der Waals surface area contributed by atoms with Crippen LogP contribution in [0.1, 0.15) is 45.2 Å². The third-order valence-corrected chi connectivity index (χ3v) is 4.28. The van der Waals surface area contributed by atoms with Crippen molar-refractivity contribution < 1.29 is 24.4 Å². The van der Waals surface area contributed by atoms with Gasteiger partial charge >= 0.3 is 12.0 Å². The summed E-state index contributed by atoms with van der Waals surface area (Å²) in [6.07, 6.45) is 1.87. The van der Waals surface area contributed by atoms with Crippen molar-refractivity contribution in [3.05, 3.63) is 45.1 Å². The van der Waals surface area contributed by atoms with Gasteiger partial charge in [0.2, 0.25) is 0 Å². The molecule has 0 saturated heterocycles. The summed E-state index contributed by atoms with van der Waals surface area (Å²) in [6.45, 7) is 5.78. The van der Waals surface area contributed by atoms with Crippen LogP contribution in [0.4, 0.5) is 10.5 Å². The lowest BCUT2D eigenvalue weighted by atomic mass is 9.95. The van der Waals surface area contributed by atoms with Crippen LogP contribution in [0.25, 0.3) is 0 Å². The number of amides is 2. The van der Waals surface area contributed by atoms with Gasteiger partial charge in [-0.05, 0) is 30.6 Å². The topological polar surface area (TPSA) is 134 Å². The van der Waals surface area contributed by atoms with Gasteiger partial charge < -0.3 is 20.5 Å². The van der Waals surface area contributed by atoms with Gasteiger partial charge in [0.15, 0.2) is 0 Å². The molecule has 2 N–H and O–H groups in total. The van der Waals surface area contributed by atoms with E-state index in [0.717, 1.165) is 25.0 Å². The highest BCUT2D eigenvalue weighted by Gasteiger charge is 2.33. The highest BCUT2D eigenvalue weighted by molar-refractivity contribution is 5.95. The predicted molar refractivity (Wildman–Crippen MR) is 94.7 cm³/mol. The number of carbonyl (C=O) groups excluding carboxylic acids is 2. The molecule has 0 bridgehead atoms. The van der Waals surface area contributed by atoms with Gasteiger partial charge in [0.1, 0.15) is 0 Å². The summed E-state index contributed by atoms with van der Waals surface area (Å²) in [7, 11) is 0. The third kappa shape index (κ3) is 4.75. The summed E-state index contributed by atoms with van der Waals surface area (Å²) in [5.41, 5.74) is 0.0725. The number of nitrogens with zero attached hydrogens (tertiary/aromatic N) is 1. The minimum Gasteiger partial charge on any atom is -0.868 e. The molecule has 9 heteroatoms. The van der Waals surface area contributed by atoms with Crippen LogP contribution in [0, 0.1) is 16.0 Å². The molecule has 1 aromatic carbocycles. The van der Waals surface area contributed by atoms with Crippen molar-refractivity contribution >= 4 is 17.7 Å². The van der Waals surface area contributed by atoms with E-state index < -0.39 is 34.4 Å². The highest BCUT2D eigenvalue weighted by atomic mass is 16.6. The fourth-order valence-electron chi connectivity index (χ4n) is 2.94. The Morgan fingerprint density at radius 2 is 2.11 bits per heavy atom. The van der Waals surface area contributed by atoms with Crippen molar-refractivity contribution in [3.8, 4) is 5.75 Å². The first kappa shape index (κ1) is 20.2. The van der Waals surface area contributed by atoms with E-state index in [1.165, 1.54) is 6.07 Å². The first-order chi connectivity index (χ1) is 12.7. The number of esters is 1. The van der Waals surface area contributed by atoms with Gasteiger partial charge in [-0.3, -0.25) is 10.1 Å². The Hall–Kier alpha value is -3.10. The minimum atomic E-state index is -0.952. The van der Waals surface area contributed by atoms with Crippen LogP contribution in [0.3, 0.4) is 0 Å². The van der Waals surface area contributed by atoms with Crippen LogP contribution < -0.4 is 15.7 Å². The molecule has 0 aromatic heterocycles. The number of ether oxygens (including phenoxy) is 1. The summed E-state index contributed by atoms with van der Waals surface area (Å²) in [5.74, 6) is -1.19. The molecule has 0 aliphatic carbocycles. The molecule has 0 radical (unpaired) electrons. The maximum atomic E-state index is 12.6. The maximum Gasteiger partial charge on any atom is 0.338 e. The zero-order valence-corrected chi connectivity index (χ0v) is 15.4. The first-order valence-corrected chi connectivity index (χ1v) is 8.65. The van der Waals surface area contributed by atoms with E-state index in [2.05, 4.69) is 10.6 Å². The van der Waals surface area contributed by atoms with E-state index in [-0.39, 0.29) is 23.7 Å². The van der Waals surface area contributed by atoms with Crippen LogP contribution in [0.5, 0.6) is 5.75 Å². The molecule has 1 aromatic rings. The number of allylic oxidation sites excluding steroid dienone is 1. The molecule has 9 nitrogen and oxygen atoms in total. The molecule has 2 rings (SSSR count). The van der Waals surface area contributed by atoms with Gasteiger partial charge in [-0.1, -0.05) is 32.4 Å². The molecule has 1 aliphatic heterocycles. The molecule has 146 valence electrons. The zero-order valence-electron chi connectivity index (χ0n) is 15.4. The summed E-state index contributed by atoms with van der Waals surface area (Å²) in [6, 6.07) is 1.96. The van der Waals surface area contributed by atoms with E-state index in [1.807, 2.05) is 13.8 Å². The molecular formula is C18H22N3O6-. The van der Waals surface area contributed by atoms with Gasteiger partial charge in [-0.25, -0.2) is 9.59 Å². The molecular weight excluding hydrogens is 354 g/mol. The number of urea groups is 1. The zero-order chi connectivity index (χ0) is 20.1. The van der Waals surface area contributed by atoms with Crippen LogP contribution in [-0.2, 0) is 9.53 Å². The second-order valence-corrected chi connectivity index (χ2v) is 6.55. The summed E-state index contributed by atoms with van der Waals surface area (Å²) < 4.78 is 5.37. The smallest absolute Gasteiger partial charge is 0.338 e. The molecule has 27 heavy (non-hydrogen) atoms. The lowest BCUT2D eigenvalue weighted by Gasteiger charge is -2.28. The number of benzene rings is 1. The van der Waals surface area contributed by atoms with E-state index in [9.17, 15) is 24.8 Å². The molecule has 0 fully saturated rings. The second kappa shape index (κ2) is 8.52. The van der Waals surface area contributed by atoms with Crippen molar-refractivity contribution in [1.29, 1.82) is 0 Å². The number of rotatable bonds is 7. The summed E-state index contributed by atoms with van der Waals surface area (Å²) in [4.78, 5) is 34.7. The Balaban J connectivity index is 2.34. The number of nitro benzene ring substituents is 1. The van der Waals surface area contributed by atoms with E-state index in [1.54, 1.807) is 6.92 Å². The Morgan fingerprint density at radius 1 is 1.41 bits per heavy atom. The van der Waals surface area contributed by atoms with Crippen molar-refractivity contribution in [1.82, 2.24) is 10.6 Å². The highest BCUT2D eigenvalue weighted by Crippen LogP contribution is 2.32. The molecule has 0 spiro atoms. The van der Waals surface area contributed by atoms with Crippen molar-refractivity contribution in [2.45, 2.75) is 39.7 Å². The fraction of sp³-hybridized carbons (Fsp3) is 0.444. The number of hydrogen-bond acceptors (Lipinski definition) is 6. The predicted octanol–water partition coefficient (Wildman–Crippen LogP) is 2.28. The largest absolute Gasteiger partial charge is 0.868 e. The molecule has 2 atom stereocenters. The monoisotopic (exact) mass is 376 g/mol. The molecule has 0 unspecified atom stereocenters. The standard InChI is InChI=1S/C18H23N3O6/c1-4-5-10(2)9-27-17(23)15-11(3)19-18(24)20-16(15)12-6-7-14(22)13(8-12)21(25)26/h6-8,10,16,22H,4-5,9H2,1-3H3,(H2,19,20,24)/p-1/t10-,16-/m0/s1. The van der Waals surface area contributed by atoms with Crippen LogP contribution in [0.15, 0.2) is 29.5 Å². The van der Waals surface area contributed by atoms with Gasteiger partial charge in [0.05, 0.1) is 23.1 Å². The van der Waals surface area contributed by atoms with Crippen LogP contribution in [0.2, 0.25) is 0 Å². The molecule has 1 heterocycles. The number of carbonyl (C=O) groups is 2. The van der Waals surface area contributed by atoms with Crippen molar-refractivity contribution in [2.24, 2.45) is 5.92 Å². The lowest BCUT2D eigenvalue weighted by molar-refractivity contribution is -0.398. The fourth-order valence-corrected chi connectivity index (χ4v) is 2.94. The van der Waals surface area contributed by atoms with Gasteiger partial charge in [0.25, 0.3) is 5.69 Å². The SMILES string of the molecule is CCC[C@H](C)COC(=O)C1=C(C)NC(=O)N[C@H]1c1ccc([O-])c([N+](=O)[O-])c1. The minimum absolute atomic E-state index is 0.145. The normalized spacial score (nSPS) is 17.7. The molecule has 1 aliphatic rings. The Morgan fingerprint density at radius 3 is 2.74 bits per heavy atom. The maximum absolute atomic E-state index is 12.6. The second-order valence-electron chi connectivity index (χ2n) is 6.55. The van der Waals surface area contributed by atoms with E-state index >= 15 is 0 Å². The Labute approximate surface area is 156 Å². The Bertz CT molecular complexity index is 789. The van der Waals surface area contributed by atoms with Crippen LogP contribution >= 0.6 is 0 Å². The Kier molecular flexibility index (Phi) is 6.38. The van der Waals surface area contributed by atoms with E-state index in [0.29, 0.717) is 5.70 Å². The van der Waals surface area contributed by atoms with Crippen molar-refractivity contribution in [2.75, 3.05) is 6.61 Å². The number of nitrogens with one attached hydrogen (secondary N) is 2. The van der Waals surface area contributed by atoms with Gasteiger partial charge in [-0.15, -0.1) is 0 Å².